The number of amides is 1. The summed E-state index contributed by atoms with van der Waals surface area (Å²) in [6, 6.07) is 13.3. The summed E-state index contributed by atoms with van der Waals surface area (Å²) in [5.41, 5.74) is -0.00698. The standard InChI is InChI=1S/C19H17ClFNO3/c20-14-3-7-16(8-4-14)24-12-17-11-22-18(23)9-10-19(22,25-17)13-1-5-15(21)6-2-13/h1-8,17H,9-12H2/t17-,19+/m0/s1. The highest BCUT2D eigenvalue weighted by molar-refractivity contribution is 6.30. The molecule has 2 heterocycles. The molecule has 0 aliphatic carbocycles. The topological polar surface area (TPSA) is 38.8 Å². The van der Waals surface area contributed by atoms with Crippen LogP contribution in [0.25, 0.3) is 0 Å². The third kappa shape index (κ3) is 2.98. The average molecular weight is 362 g/mol. The van der Waals surface area contributed by atoms with Crippen molar-refractivity contribution in [3.05, 3.63) is 64.9 Å². The molecule has 0 saturated carbocycles. The van der Waals surface area contributed by atoms with Gasteiger partial charge in [-0.2, -0.15) is 0 Å². The first kappa shape index (κ1) is 16.4. The van der Waals surface area contributed by atoms with Crippen LogP contribution in [0.15, 0.2) is 48.5 Å². The van der Waals surface area contributed by atoms with Gasteiger partial charge in [-0.1, -0.05) is 23.7 Å². The van der Waals surface area contributed by atoms with E-state index in [1.54, 1.807) is 41.3 Å². The average Bonchev–Trinajstić information content (AvgIpc) is 3.13. The second kappa shape index (κ2) is 6.32. The molecule has 2 aromatic rings. The Hall–Kier alpha value is -2.11. The second-order valence-corrected chi connectivity index (χ2v) is 6.74. The fourth-order valence-electron chi connectivity index (χ4n) is 3.52. The summed E-state index contributed by atoms with van der Waals surface area (Å²) < 4.78 is 25.3. The maximum atomic E-state index is 13.3. The maximum absolute atomic E-state index is 13.3. The first-order valence-corrected chi connectivity index (χ1v) is 8.57. The van der Waals surface area contributed by atoms with Crippen molar-refractivity contribution in [3.8, 4) is 5.75 Å². The molecule has 25 heavy (non-hydrogen) atoms. The number of ether oxygens (including phenoxy) is 2. The normalized spacial score (nSPS) is 25.3. The van der Waals surface area contributed by atoms with Gasteiger partial charge in [-0.05, 0) is 36.4 Å². The molecule has 2 aromatic carbocycles. The van der Waals surface area contributed by atoms with E-state index in [-0.39, 0.29) is 17.8 Å². The summed E-state index contributed by atoms with van der Waals surface area (Å²) in [6.45, 7) is 0.790. The summed E-state index contributed by atoms with van der Waals surface area (Å²) in [5.74, 6) is 0.442. The number of halogens is 2. The molecule has 4 nitrogen and oxygen atoms in total. The lowest BCUT2D eigenvalue weighted by Gasteiger charge is -2.31. The molecular formula is C19H17ClFNO3. The van der Waals surface area contributed by atoms with Crippen molar-refractivity contribution in [1.29, 1.82) is 0 Å². The fourth-order valence-corrected chi connectivity index (χ4v) is 3.65. The van der Waals surface area contributed by atoms with Gasteiger partial charge in [0.1, 0.15) is 24.3 Å². The maximum Gasteiger partial charge on any atom is 0.225 e. The van der Waals surface area contributed by atoms with E-state index in [0.717, 1.165) is 5.56 Å². The van der Waals surface area contributed by atoms with Crippen LogP contribution in [0.4, 0.5) is 4.39 Å². The van der Waals surface area contributed by atoms with Crippen LogP contribution in [-0.2, 0) is 15.3 Å². The number of carbonyl (C=O) groups excluding carboxylic acids is 1. The van der Waals surface area contributed by atoms with Crippen molar-refractivity contribution in [2.24, 2.45) is 0 Å². The highest BCUT2D eigenvalue weighted by Gasteiger charge is 2.54. The minimum Gasteiger partial charge on any atom is -0.491 e. The summed E-state index contributed by atoms with van der Waals surface area (Å²) in [5, 5.41) is 0.644. The zero-order chi connectivity index (χ0) is 17.4. The first-order valence-electron chi connectivity index (χ1n) is 8.19. The second-order valence-electron chi connectivity index (χ2n) is 6.30. The molecule has 130 valence electrons. The monoisotopic (exact) mass is 361 g/mol. The van der Waals surface area contributed by atoms with Crippen molar-refractivity contribution in [1.82, 2.24) is 4.90 Å². The smallest absolute Gasteiger partial charge is 0.225 e. The zero-order valence-corrected chi connectivity index (χ0v) is 14.2. The summed E-state index contributed by atoms with van der Waals surface area (Å²) >= 11 is 5.87. The Bertz CT molecular complexity index is 780. The largest absolute Gasteiger partial charge is 0.491 e. The van der Waals surface area contributed by atoms with E-state index in [0.29, 0.717) is 36.8 Å². The molecule has 6 heteroatoms. The van der Waals surface area contributed by atoms with Gasteiger partial charge in [-0.25, -0.2) is 4.39 Å². The predicted molar refractivity (Wildman–Crippen MR) is 90.8 cm³/mol. The summed E-state index contributed by atoms with van der Waals surface area (Å²) in [4.78, 5) is 14.0. The third-order valence-corrected chi connectivity index (χ3v) is 4.96. The number of nitrogens with zero attached hydrogens (tertiary/aromatic N) is 1. The van der Waals surface area contributed by atoms with Crippen molar-refractivity contribution in [2.45, 2.75) is 24.7 Å². The Kier molecular flexibility index (Phi) is 4.13. The van der Waals surface area contributed by atoms with Crippen molar-refractivity contribution < 1.29 is 18.7 Å². The fraction of sp³-hybridized carbons (Fsp3) is 0.316. The van der Waals surface area contributed by atoms with Gasteiger partial charge in [0, 0.05) is 23.4 Å². The molecular weight excluding hydrogens is 345 g/mol. The van der Waals surface area contributed by atoms with Gasteiger partial charge in [0.25, 0.3) is 0 Å². The van der Waals surface area contributed by atoms with Crippen molar-refractivity contribution in [2.75, 3.05) is 13.2 Å². The van der Waals surface area contributed by atoms with E-state index < -0.39 is 5.72 Å². The van der Waals surface area contributed by atoms with Crippen LogP contribution in [0, 0.1) is 5.82 Å². The number of hydrogen-bond acceptors (Lipinski definition) is 3. The third-order valence-electron chi connectivity index (χ3n) is 4.71. The SMILES string of the molecule is O=C1CC[C@]2(c3ccc(F)cc3)O[C@H](COc3ccc(Cl)cc3)CN12. The molecule has 0 aromatic heterocycles. The number of hydrogen-bond donors (Lipinski definition) is 0. The van der Waals surface area contributed by atoms with Crippen LogP contribution in [0.5, 0.6) is 5.75 Å². The number of fused-ring (bicyclic) bond motifs is 1. The molecule has 2 fully saturated rings. The van der Waals surface area contributed by atoms with Gasteiger partial charge in [-0.15, -0.1) is 0 Å². The minimum absolute atomic E-state index is 0.0540. The summed E-state index contributed by atoms with van der Waals surface area (Å²) in [7, 11) is 0. The molecule has 0 spiro atoms. The molecule has 0 unspecified atom stereocenters. The first-order chi connectivity index (χ1) is 12.1. The van der Waals surface area contributed by atoms with Crippen LogP contribution < -0.4 is 4.74 Å². The van der Waals surface area contributed by atoms with Crippen LogP contribution >= 0.6 is 11.6 Å². The van der Waals surface area contributed by atoms with Gasteiger partial charge in [0.2, 0.25) is 5.91 Å². The number of benzene rings is 2. The van der Waals surface area contributed by atoms with Crippen molar-refractivity contribution in [3.63, 3.8) is 0 Å². The molecule has 0 radical (unpaired) electrons. The number of rotatable bonds is 4. The predicted octanol–water partition coefficient (Wildman–Crippen LogP) is 3.73. The number of carbonyl (C=O) groups is 1. The zero-order valence-electron chi connectivity index (χ0n) is 13.5. The van der Waals surface area contributed by atoms with Crippen LogP contribution in [-0.4, -0.2) is 30.1 Å². The molecule has 4 rings (SSSR count). The molecule has 0 bridgehead atoms. The van der Waals surface area contributed by atoms with Gasteiger partial charge in [0.15, 0.2) is 5.72 Å². The molecule has 2 atom stereocenters. The van der Waals surface area contributed by atoms with E-state index in [1.165, 1.54) is 12.1 Å². The van der Waals surface area contributed by atoms with E-state index in [2.05, 4.69) is 0 Å². The van der Waals surface area contributed by atoms with Gasteiger partial charge < -0.3 is 14.4 Å². The molecule has 1 amide bonds. The molecule has 0 N–H and O–H groups in total. The van der Waals surface area contributed by atoms with Crippen LogP contribution in [0.2, 0.25) is 5.02 Å². The van der Waals surface area contributed by atoms with Gasteiger partial charge >= 0.3 is 0 Å². The van der Waals surface area contributed by atoms with E-state index in [4.69, 9.17) is 21.1 Å². The Morgan fingerprint density at radius 1 is 1.20 bits per heavy atom. The Labute approximate surface area is 150 Å². The lowest BCUT2D eigenvalue weighted by atomic mass is 10.0. The van der Waals surface area contributed by atoms with Gasteiger partial charge in [-0.3, -0.25) is 4.79 Å². The lowest BCUT2D eigenvalue weighted by Crippen LogP contribution is -2.38. The van der Waals surface area contributed by atoms with Crippen LogP contribution in [0.1, 0.15) is 18.4 Å². The van der Waals surface area contributed by atoms with Crippen LogP contribution in [0.3, 0.4) is 0 Å². The Morgan fingerprint density at radius 3 is 2.64 bits per heavy atom. The van der Waals surface area contributed by atoms with E-state index in [9.17, 15) is 9.18 Å². The Morgan fingerprint density at radius 2 is 1.92 bits per heavy atom. The van der Waals surface area contributed by atoms with E-state index >= 15 is 0 Å². The lowest BCUT2D eigenvalue weighted by molar-refractivity contribution is -0.140. The molecule has 2 aliphatic heterocycles. The quantitative estimate of drug-likeness (QED) is 0.832. The van der Waals surface area contributed by atoms with E-state index in [1.807, 2.05) is 0 Å². The molecule has 2 aliphatic rings. The molecule has 2 saturated heterocycles. The highest BCUT2D eigenvalue weighted by atomic mass is 35.5. The van der Waals surface area contributed by atoms with Gasteiger partial charge in [0.05, 0.1) is 6.54 Å². The highest BCUT2D eigenvalue weighted by Crippen LogP contribution is 2.45. The summed E-state index contributed by atoms with van der Waals surface area (Å²) in [6.07, 6.45) is 0.752. The minimum atomic E-state index is -0.807. The van der Waals surface area contributed by atoms with Crippen molar-refractivity contribution >= 4 is 17.5 Å². The Balaban J connectivity index is 1.51.